The van der Waals surface area contributed by atoms with E-state index in [0.717, 1.165) is 18.4 Å². The van der Waals surface area contributed by atoms with Crippen LogP contribution in [0.2, 0.25) is 5.02 Å². The summed E-state index contributed by atoms with van der Waals surface area (Å²) in [5.41, 5.74) is 0.466. The first-order chi connectivity index (χ1) is 15.8. The van der Waals surface area contributed by atoms with Gasteiger partial charge in [-0.2, -0.15) is 0 Å². The van der Waals surface area contributed by atoms with Gasteiger partial charge in [-0.1, -0.05) is 30.7 Å². The van der Waals surface area contributed by atoms with Crippen LogP contribution in [0.3, 0.4) is 0 Å². The number of hydrogen-bond donors (Lipinski definition) is 1. The molecule has 186 valence electrons. The fourth-order valence-corrected chi connectivity index (χ4v) is 4.31. The zero-order chi connectivity index (χ0) is 25.6. The molecule has 11 heteroatoms. The van der Waals surface area contributed by atoms with Crippen LogP contribution in [0.25, 0.3) is 0 Å². The predicted octanol–water partition coefficient (Wildman–Crippen LogP) is 3.72. The van der Waals surface area contributed by atoms with Crippen LogP contribution in [0, 0.1) is 11.6 Å². The fourth-order valence-electron chi connectivity index (χ4n) is 3.34. The molecule has 7 nitrogen and oxygen atoms in total. The number of halogens is 3. The molecule has 0 unspecified atom stereocenters. The average molecular weight is 516 g/mol. The summed E-state index contributed by atoms with van der Waals surface area (Å²) >= 11 is 5.94. The summed E-state index contributed by atoms with van der Waals surface area (Å²) < 4.78 is 52.8. The van der Waals surface area contributed by atoms with E-state index >= 15 is 0 Å². The molecular weight excluding hydrogens is 488 g/mol. The lowest BCUT2D eigenvalue weighted by atomic mass is 10.1. The standard InChI is InChI=1S/C23H28ClF2N3O4S/c1-5-21(23(31)27-15(2)3)28(13-16-6-8-17(24)9-7-16)22(30)14-29(34(4,32)33)18-10-11-19(25)20(26)12-18/h6-12,15,21H,5,13-14H2,1-4H3,(H,27,31)/t21-/m0/s1. The monoisotopic (exact) mass is 515 g/mol. The summed E-state index contributed by atoms with van der Waals surface area (Å²) in [5, 5.41) is 3.27. The number of amides is 2. The van der Waals surface area contributed by atoms with Crippen LogP contribution in [-0.2, 0) is 26.2 Å². The number of carbonyl (C=O) groups is 2. The van der Waals surface area contributed by atoms with Crippen LogP contribution in [-0.4, -0.2) is 50.0 Å². The van der Waals surface area contributed by atoms with Gasteiger partial charge in [0.1, 0.15) is 12.6 Å². The normalized spacial score (nSPS) is 12.4. The van der Waals surface area contributed by atoms with Crippen molar-refractivity contribution < 1.29 is 26.8 Å². The van der Waals surface area contributed by atoms with E-state index in [9.17, 15) is 26.8 Å². The van der Waals surface area contributed by atoms with E-state index in [1.807, 2.05) is 0 Å². The van der Waals surface area contributed by atoms with Gasteiger partial charge >= 0.3 is 0 Å². The number of hydrogen-bond acceptors (Lipinski definition) is 4. The fraction of sp³-hybridized carbons (Fsp3) is 0.391. The van der Waals surface area contributed by atoms with Crippen molar-refractivity contribution in [2.75, 3.05) is 17.1 Å². The second-order valence-electron chi connectivity index (χ2n) is 8.10. The van der Waals surface area contributed by atoms with E-state index < -0.39 is 46.1 Å². The van der Waals surface area contributed by atoms with Crippen molar-refractivity contribution in [3.63, 3.8) is 0 Å². The van der Waals surface area contributed by atoms with Gasteiger partial charge in [-0.25, -0.2) is 17.2 Å². The van der Waals surface area contributed by atoms with Crippen LogP contribution in [0.4, 0.5) is 14.5 Å². The van der Waals surface area contributed by atoms with Crippen LogP contribution in [0.1, 0.15) is 32.8 Å². The summed E-state index contributed by atoms with van der Waals surface area (Å²) in [7, 11) is -4.05. The molecule has 2 aromatic rings. The van der Waals surface area contributed by atoms with Crippen molar-refractivity contribution in [3.05, 3.63) is 64.7 Å². The molecule has 0 aliphatic carbocycles. The van der Waals surface area contributed by atoms with Gasteiger partial charge in [-0.15, -0.1) is 0 Å². The van der Waals surface area contributed by atoms with E-state index in [1.54, 1.807) is 45.0 Å². The van der Waals surface area contributed by atoms with Crippen LogP contribution in [0.15, 0.2) is 42.5 Å². The molecule has 34 heavy (non-hydrogen) atoms. The Hall–Kier alpha value is -2.72. The number of rotatable bonds is 10. The summed E-state index contributed by atoms with van der Waals surface area (Å²) in [4.78, 5) is 27.6. The molecule has 2 aromatic carbocycles. The number of sulfonamides is 1. The van der Waals surface area contributed by atoms with E-state index in [1.165, 1.54) is 4.90 Å². The van der Waals surface area contributed by atoms with Gasteiger partial charge in [0, 0.05) is 23.7 Å². The third kappa shape index (κ3) is 7.39. The zero-order valence-electron chi connectivity index (χ0n) is 19.4. The summed E-state index contributed by atoms with van der Waals surface area (Å²) in [5.74, 6) is -3.47. The molecule has 0 saturated heterocycles. The van der Waals surface area contributed by atoms with E-state index in [4.69, 9.17) is 11.6 Å². The molecule has 1 N–H and O–H groups in total. The Morgan fingerprint density at radius 1 is 1.06 bits per heavy atom. The molecule has 0 radical (unpaired) electrons. The Balaban J connectivity index is 2.45. The molecule has 0 fully saturated rings. The third-order valence-corrected chi connectivity index (χ3v) is 6.35. The predicted molar refractivity (Wildman–Crippen MR) is 128 cm³/mol. The third-order valence-electron chi connectivity index (χ3n) is 4.95. The number of benzene rings is 2. The number of nitrogens with one attached hydrogen (secondary N) is 1. The lowest BCUT2D eigenvalue weighted by Gasteiger charge is -2.33. The lowest BCUT2D eigenvalue weighted by molar-refractivity contribution is -0.140. The maximum Gasteiger partial charge on any atom is 0.244 e. The number of anilines is 1. The van der Waals surface area contributed by atoms with Gasteiger partial charge in [-0.3, -0.25) is 13.9 Å². The van der Waals surface area contributed by atoms with Crippen molar-refractivity contribution in [3.8, 4) is 0 Å². The molecule has 2 amide bonds. The molecule has 2 rings (SSSR count). The maximum absolute atomic E-state index is 13.8. The Kier molecular flexibility index (Phi) is 9.40. The Bertz CT molecular complexity index is 1130. The second kappa shape index (κ2) is 11.6. The Labute approximate surface area is 203 Å². The van der Waals surface area contributed by atoms with Gasteiger partial charge < -0.3 is 10.2 Å². The van der Waals surface area contributed by atoms with Crippen molar-refractivity contribution in [2.24, 2.45) is 0 Å². The Morgan fingerprint density at radius 2 is 1.68 bits per heavy atom. The topological polar surface area (TPSA) is 86.8 Å². The van der Waals surface area contributed by atoms with E-state index in [0.29, 0.717) is 21.0 Å². The van der Waals surface area contributed by atoms with Gasteiger partial charge in [-0.05, 0) is 50.1 Å². The summed E-state index contributed by atoms with van der Waals surface area (Å²) in [6, 6.07) is 8.15. The highest BCUT2D eigenvalue weighted by atomic mass is 35.5. The quantitative estimate of drug-likeness (QED) is 0.522. The van der Waals surface area contributed by atoms with Gasteiger partial charge in [0.2, 0.25) is 21.8 Å². The highest BCUT2D eigenvalue weighted by Crippen LogP contribution is 2.22. The molecule has 0 bridgehead atoms. The molecule has 0 heterocycles. The van der Waals surface area contributed by atoms with Gasteiger partial charge in [0.25, 0.3) is 0 Å². The zero-order valence-corrected chi connectivity index (χ0v) is 21.0. The first kappa shape index (κ1) is 27.5. The number of nitrogens with zero attached hydrogens (tertiary/aromatic N) is 2. The van der Waals surface area contributed by atoms with Crippen molar-refractivity contribution >= 4 is 39.1 Å². The maximum atomic E-state index is 13.8. The summed E-state index contributed by atoms with van der Waals surface area (Å²) in [6.45, 7) is 4.60. The Morgan fingerprint density at radius 3 is 2.18 bits per heavy atom. The van der Waals surface area contributed by atoms with Gasteiger partial charge in [0.15, 0.2) is 11.6 Å². The minimum absolute atomic E-state index is 0.00933. The van der Waals surface area contributed by atoms with Crippen LogP contribution >= 0.6 is 11.6 Å². The van der Waals surface area contributed by atoms with Gasteiger partial charge in [0.05, 0.1) is 11.9 Å². The van der Waals surface area contributed by atoms with Crippen molar-refractivity contribution in [2.45, 2.75) is 45.8 Å². The van der Waals surface area contributed by atoms with Crippen molar-refractivity contribution in [1.29, 1.82) is 0 Å². The van der Waals surface area contributed by atoms with E-state index in [2.05, 4.69) is 5.32 Å². The molecule has 0 aromatic heterocycles. The highest BCUT2D eigenvalue weighted by molar-refractivity contribution is 7.92. The summed E-state index contributed by atoms with van der Waals surface area (Å²) in [6.07, 6.45) is 1.12. The second-order valence-corrected chi connectivity index (χ2v) is 10.4. The molecular formula is C23H28ClF2N3O4S. The highest BCUT2D eigenvalue weighted by Gasteiger charge is 2.32. The lowest BCUT2D eigenvalue weighted by Crippen LogP contribution is -2.53. The van der Waals surface area contributed by atoms with Crippen LogP contribution in [0.5, 0.6) is 0 Å². The van der Waals surface area contributed by atoms with E-state index in [-0.39, 0.29) is 24.7 Å². The molecule has 0 spiro atoms. The average Bonchev–Trinajstić information content (AvgIpc) is 2.74. The largest absolute Gasteiger partial charge is 0.352 e. The molecule has 0 aliphatic heterocycles. The SMILES string of the molecule is CC[C@@H](C(=O)NC(C)C)N(Cc1ccc(Cl)cc1)C(=O)CN(c1ccc(F)c(F)c1)S(C)(=O)=O. The molecule has 1 atom stereocenters. The first-order valence-corrected chi connectivity index (χ1v) is 12.8. The van der Waals surface area contributed by atoms with Crippen LogP contribution < -0.4 is 9.62 Å². The molecule has 0 saturated carbocycles. The minimum atomic E-state index is -4.05. The van der Waals surface area contributed by atoms with Crippen molar-refractivity contribution in [1.82, 2.24) is 10.2 Å². The smallest absolute Gasteiger partial charge is 0.244 e. The first-order valence-electron chi connectivity index (χ1n) is 10.6. The molecule has 0 aliphatic rings. The number of carbonyl (C=O) groups excluding carboxylic acids is 2. The minimum Gasteiger partial charge on any atom is -0.352 e.